The summed E-state index contributed by atoms with van der Waals surface area (Å²) in [5, 5.41) is 0. The van der Waals surface area contributed by atoms with Crippen LogP contribution in [0.4, 0.5) is 0 Å². The van der Waals surface area contributed by atoms with Gasteiger partial charge in [-0.15, -0.1) is 0 Å². The molecular weight excluding hydrogens is 240 g/mol. The first kappa shape index (κ1) is 12.5. The van der Waals surface area contributed by atoms with Crippen LogP contribution in [0.15, 0.2) is 24.3 Å². The van der Waals surface area contributed by atoms with Crippen LogP contribution in [0, 0.1) is 0 Å². The smallest absolute Gasteiger partial charge is 0.141 e. The second-order valence-corrected chi connectivity index (χ2v) is 5.19. The van der Waals surface area contributed by atoms with Gasteiger partial charge in [-0.25, -0.2) is 0 Å². The van der Waals surface area contributed by atoms with Crippen molar-refractivity contribution >= 4 is 6.08 Å². The van der Waals surface area contributed by atoms with Gasteiger partial charge in [-0.2, -0.15) is 0 Å². The van der Waals surface area contributed by atoms with E-state index >= 15 is 0 Å². The first-order valence-corrected chi connectivity index (χ1v) is 6.74. The second-order valence-electron chi connectivity index (χ2n) is 5.19. The number of hydrogen-bond donors (Lipinski definition) is 1. The number of hydrogen-bond acceptors (Lipinski definition) is 4. The molecule has 0 amide bonds. The Morgan fingerprint density at radius 1 is 1.47 bits per heavy atom. The summed E-state index contributed by atoms with van der Waals surface area (Å²) >= 11 is 0. The Hall–Kier alpha value is -1.52. The van der Waals surface area contributed by atoms with Gasteiger partial charge in [-0.05, 0) is 24.3 Å². The SMILES string of the molecule is COc1cccc2c1C=CC1(CCN(CCN)C1)O2. The largest absolute Gasteiger partial charge is 0.496 e. The molecule has 1 fully saturated rings. The van der Waals surface area contributed by atoms with E-state index in [1.807, 2.05) is 18.2 Å². The molecule has 0 saturated carbocycles. The van der Waals surface area contributed by atoms with Crippen LogP contribution in [0.2, 0.25) is 0 Å². The number of ether oxygens (including phenoxy) is 2. The Morgan fingerprint density at radius 3 is 3.16 bits per heavy atom. The van der Waals surface area contributed by atoms with E-state index in [1.54, 1.807) is 7.11 Å². The van der Waals surface area contributed by atoms with Crippen molar-refractivity contribution in [2.24, 2.45) is 5.73 Å². The molecule has 0 aliphatic carbocycles. The summed E-state index contributed by atoms with van der Waals surface area (Å²) in [5.41, 5.74) is 6.47. The summed E-state index contributed by atoms with van der Waals surface area (Å²) < 4.78 is 11.6. The molecule has 4 heteroatoms. The molecule has 1 spiro atoms. The monoisotopic (exact) mass is 260 g/mol. The maximum Gasteiger partial charge on any atom is 0.141 e. The molecule has 2 heterocycles. The third kappa shape index (κ3) is 2.22. The van der Waals surface area contributed by atoms with Gasteiger partial charge >= 0.3 is 0 Å². The minimum Gasteiger partial charge on any atom is -0.496 e. The molecular formula is C15H20N2O2. The van der Waals surface area contributed by atoms with Crippen molar-refractivity contribution in [3.05, 3.63) is 29.8 Å². The van der Waals surface area contributed by atoms with E-state index in [0.717, 1.165) is 43.1 Å². The molecule has 1 atom stereocenters. The molecule has 1 aromatic rings. The molecule has 2 aliphatic rings. The lowest BCUT2D eigenvalue weighted by atomic mass is 9.97. The lowest BCUT2D eigenvalue weighted by Crippen LogP contribution is -2.39. The predicted octanol–water partition coefficient (Wildman–Crippen LogP) is 1.50. The zero-order chi connectivity index (χ0) is 13.3. The van der Waals surface area contributed by atoms with Gasteiger partial charge in [-0.3, -0.25) is 4.90 Å². The molecule has 2 aliphatic heterocycles. The fourth-order valence-electron chi connectivity index (χ4n) is 2.92. The van der Waals surface area contributed by atoms with Crippen molar-refractivity contribution in [2.75, 3.05) is 33.3 Å². The summed E-state index contributed by atoms with van der Waals surface area (Å²) in [4.78, 5) is 2.36. The van der Waals surface area contributed by atoms with Crippen LogP contribution in [-0.2, 0) is 0 Å². The second kappa shape index (κ2) is 4.87. The zero-order valence-corrected chi connectivity index (χ0v) is 11.3. The maximum absolute atomic E-state index is 6.25. The Balaban J connectivity index is 1.84. The van der Waals surface area contributed by atoms with Crippen LogP contribution in [0.5, 0.6) is 11.5 Å². The van der Waals surface area contributed by atoms with Crippen molar-refractivity contribution in [3.63, 3.8) is 0 Å². The van der Waals surface area contributed by atoms with E-state index in [1.165, 1.54) is 0 Å². The normalized spacial score (nSPS) is 25.4. The molecule has 3 rings (SSSR count). The highest BCUT2D eigenvalue weighted by atomic mass is 16.5. The summed E-state index contributed by atoms with van der Waals surface area (Å²) in [7, 11) is 1.69. The van der Waals surface area contributed by atoms with Crippen LogP contribution in [0.25, 0.3) is 6.08 Å². The topological polar surface area (TPSA) is 47.7 Å². The van der Waals surface area contributed by atoms with Crippen LogP contribution in [0.3, 0.4) is 0 Å². The number of methoxy groups -OCH3 is 1. The van der Waals surface area contributed by atoms with E-state index in [4.69, 9.17) is 15.2 Å². The highest BCUT2D eigenvalue weighted by molar-refractivity contribution is 5.67. The summed E-state index contributed by atoms with van der Waals surface area (Å²) in [6.45, 7) is 3.59. The highest BCUT2D eigenvalue weighted by Gasteiger charge is 2.40. The molecule has 0 radical (unpaired) electrons. The molecule has 1 saturated heterocycles. The van der Waals surface area contributed by atoms with Gasteiger partial charge in [0.05, 0.1) is 12.7 Å². The van der Waals surface area contributed by atoms with Gasteiger partial charge in [0.25, 0.3) is 0 Å². The quantitative estimate of drug-likeness (QED) is 0.895. The van der Waals surface area contributed by atoms with E-state index in [2.05, 4.69) is 17.1 Å². The molecule has 102 valence electrons. The zero-order valence-electron chi connectivity index (χ0n) is 11.3. The summed E-state index contributed by atoms with van der Waals surface area (Å²) in [6, 6.07) is 5.94. The van der Waals surface area contributed by atoms with Crippen LogP contribution in [-0.4, -0.2) is 43.8 Å². The number of nitrogens with zero attached hydrogens (tertiary/aromatic N) is 1. The van der Waals surface area contributed by atoms with Gasteiger partial charge in [0, 0.05) is 32.6 Å². The van der Waals surface area contributed by atoms with Crippen molar-refractivity contribution in [3.8, 4) is 11.5 Å². The average molecular weight is 260 g/mol. The standard InChI is InChI=1S/C15H20N2O2/c1-18-13-3-2-4-14-12(13)5-6-15(19-14)7-9-17(11-15)10-8-16/h2-6H,7-11,16H2,1H3. The van der Waals surface area contributed by atoms with Crippen molar-refractivity contribution in [1.29, 1.82) is 0 Å². The lowest BCUT2D eigenvalue weighted by Gasteiger charge is -2.32. The minimum atomic E-state index is -0.186. The average Bonchev–Trinajstić information content (AvgIpc) is 2.81. The third-order valence-corrected chi connectivity index (χ3v) is 3.90. The maximum atomic E-state index is 6.25. The number of fused-ring (bicyclic) bond motifs is 1. The van der Waals surface area contributed by atoms with Crippen LogP contribution < -0.4 is 15.2 Å². The van der Waals surface area contributed by atoms with Crippen molar-refractivity contribution < 1.29 is 9.47 Å². The molecule has 2 N–H and O–H groups in total. The Kier molecular flexibility index (Phi) is 3.21. The predicted molar refractivity (Wildman–Crippen MR) is 75.5 cm³/mol. The van der Waals surface area contributed by atoms with E-state index in [-0.39, 0.29) is 5.60 Å². The van der Waals surface area contributed by atoms with Gasteiger partial charge in [0.15, 0.2) is 0 Å². The fraction of sp³-hybridized carbons (Fsp3) is 0.467. The highest BCUT2D eigenvalue weighted by Crippen LogP contribution is 2.39. The minimum absolute atomic E-state index is 0.186. The first-order chi connectivity index (χ1) is 9.26. The first-order valence-electron chi connectivity index (χ1n) is 6.74. The third-order valence-electron chi connectivity index (χ3n) is 3.90. The molecule has 19 heavy (non-hydrogen) atoms. The van der Waals surface area contributed by atoms with Crippen molar-refractivity contribution in [2.45, 2.75) is 12.0 Å². The molecule has 1 unspecified atom stereocenters. The molecule has 4 nitrogen and oxygen atoms in total. The molecule has 1 aromatic carbocycles. The molecule has 0 aromatic heterocycles. The number of rotatable bonds is 3. The van der Waals surface area contributed by atoms with Crippen molar-refractivity contribution in [1.82, 2.24) is 4.90 Å². The van der Waals surface area contributed by atoms with Crippen LogP contribution in [0.1, 0.15) is 12.0 Å². The Morgan fingerprint density at radius 2 is 2.37 bits per heavy atom. The van der Waals surface area contributed by atoms with E-state index in [9.17, 15) is 0 Å². The summed E-state index contributed by atoms with van der Waals surface area (Å²) in [6.07, 6.45) is 5.32. The Bertz CT molecular complexity index is 501. The fourth-order valence-corrected chi connectivity index (χ4v) is 2.92. The number of likely N-dealkylation sites (tertiary alicyclic amines) is 1. The van der Waals surface area contributed by atoms with Gasteiger partial charge in [-0.1, -0.05) is 6.07 Å². The van der Waals surface area contributed by atoms with Gasteiger partial charge in [0.2, 0.25) is 0 Å². The van der Waals surface area contributed by atoms with Gasteiger partial charge < -0.3 is 15.2 Å². The lowest BCUT2D eigenvalue weighted by molar-refractivity contribution is 0.123. The summed E-state index contributed by atoms with van der Waals surface area (Å²) in [5.74, 6) is 1.77. The van der Waals surface area contributed by atoms with Crippen LogP contribution >= 0.6 is 0 Å². The van der Waals surface area contributed by atoms with E-state index < -0.39 is 0 Å². The number of nitrogens with two attached hydrogens (primary N) is 1. The number of benzene rings is 1. The van der Waals surface area contributed by atoms with E-state index in [0.29, 0.717) is 6.54 Å². The molecule has 0 bridgehead atoms. The Labute approximate surface area is 113 Å². The van der Waals surface area contributed by atoms with Gasteiger partial charge in [0.1, 0.15) is 17.1 Å².